The molecule has 1 aromatic rings. The molecule has 16 heavy (non-hydrogen) atoms. The monoisotopic (exact) mass is 239 g/mol. The zero-order chi connectivity index (χ0) is 11.8. The molecular formula is C12H21N3S. The van der Waals surface area contributed by atoms with Gasteiger partial charge in [0.2, 0.25) is 0 Å². The zero-order valence-electron chi connectivity index (χ0n) is 10.7. The first-order valence-corrected chi connectivity index (χ1v) is 7.13. The lowest BCUT2D eigenvalue weighted by atomic mass is 10.1. The molecule has 1 fully saturated rings. The molecule has 0 aliphatic heterocycles. The molecule has 0 N–H and O–H groups in total. The van der Waals surface area contributed by atoms with Crippen LogP contribution >= 0.6 is 11.8 Å². The molecule has 4 heteroatoms. The summed E-state index contributed by atoms with van der Waals surface area (Å²) in [6, 6.07) is 0. The second-order valence-corrected chi connectivity index (χ2v) is 6.65. The van der Waals surface area contributed by atoms with Gasteiger partial charge in [0.1, 0.15) is 11.6 Å². The van der Waals surface area contributed by atoms with Gasteiger partial charge in [-0.2, -0.15) is 16.9 Å². The number of thioether (sulfide) groups is 1. The van der Waals surface area contributed by atoms with Crippen molar-refractivity contribution < 1.29 is 0 Å². The van der Waals surface area contributed by atoms with Crippen LogP contribution in [0.1, 0.15) is 45.3 Å². The molecule has 0 saturated heterocycles. The number of hydrogen-bond donors (Lipinski definition) is 0. The molecule has 1 aliphatic rings. The maximum Gasteiger partial charge on any atom is 0.147 e. The second kappa shape index (κ2) is 4.40. The van der Waals surface area contributed by atoms with Gasteiger partial charge in [0.25, 0.3) is 0 Å². The highest BCUT2D eigenvalue weighted by atomic mass is 32.2. The number of nitrogens with zero attached hydrogens (tertiary/aromatic N) is 3. The molecule has 3 nitrogen and oxygen atoms in total. The van der Waals surface area contributed by atoms with E-state index in [9.17, 15) is 0 Å². The third kappa shape index (κ3) is 3.00. The molecule has 1 aliphatic carbocycles. The van der Waals surface area contributed by atoms with Crippen LogP contribution in [0, 0.1) is 12.8 Å². The van der Waals surface area contributed by atoms with Gasteiger partial charge < -0.3 is 0 Å². The predicted octanol–water partition coefficient (Wildman–Crippen LogP) is 2.98. The van der Waals surface area contributed by atoms with Crippen LogP contribution in [-0.2, 0) is 11.3 Å². The van der Waals surface area contributed by atoms with Crippen LogP contribution in [0.5, 0.6) is 0 Å². The third-order valence-corrected chi connectivity index (χ3v) is 3.87. The Balaban J connectivity index is 2.00. The summed E-state index contributed by atoms with van der Waals surface area (Å²) in [6.45, 7) is 8.50. The molecule has 0 atom stereocenters. The summed E-state index contributed by atoms with van der Waals surface area (Å²) >= 11 is 2.00. The summed E-state index contributed by atoms with van der Waals surface area (Å²) in [6.07, 6.45) is 2.86. The van der Waals surface area contributed by atoms with Gasteiger partial charge >= 0.3 is 0 Å². The van der Waals surface area contributed by atoms with Gasteiger partial charge in [-0.15, -0.1) is 0 Å². The van der Waals surface area contributed by atoms with Crippen LogP contribution in [0.4, 0.5) is 0 Å². The SMILES string of the molecule is Cc1nc(CSCC2CC2)n(C(C)(C)C)n1. The van der Waals surface area contributed by atoms with Crippen molar-refractivity contribution >= 4 is 11.8 Å². The molecule has 1 heterocycles. The van der Waals surface area contributed by atoms with E-state index in [1.54, 1.807) is 0 Å². The number of aromatic nitrogens is 3. The molecule has 0 amide bonds. The molecule has 90 valence electrons. The van der Waals surface area contributed by atoms with Crippen molar-refractivity contribution in [2.75, 3.05) is 5.75 Å². The van der Waals surface area contributed by atoms with Gasteiger partial charge in [0.15, 0.2) is 0 Å². The average molecular weight is 239 g/mol. The molecule has 1 saturated carbocycles. The fraction of sp³-hybridized carbons (Fsp3) is 0.833. The van der Waals surface area contributed by atoms with E-state index in [-0.39, 0.29) is 5.54 Å². The van der Waals surface area contributed by atoms with E-state index in [1.807, 2.05) is 18.7 Å². The molecule has 0 radical (unpaired) electrons. The Morgan fingerprint density at radius 3 is 2.62 bits per heavy atom. The zero-order valence-corrected chi connectivity index (χ0v) is 11.5. The van der Waals surface area contributed by atoms with E-state index in [1.165, 1.54) is 18.6 Å². The first-order valence-electron chi connectivity index (χ1n) is 5.97. The van der Waals surface area contributed by atoms with Gasteiger partial charge in [-0.1, -0.05) is 0 Å². The van der Waals surface area contributed by atoms with Crippen molar-refractivity contribution in [2.24, 2.45) is 5.92 Å². The normalized spacial score (nSPS) is 16.8. The van der Waals surface area contributed by atoms with Crippen LogP contribution < -0.4 is 0 Å². The van der Waals surface area contributed by atoms with E-state index in [2.05, 4.69) is 35.5 Å². The van der Waals surface area contributed by atoms with Crippen molar-refractivity contribution in [3.05, 3.63) is 11.6 Å². The van der Waals surface area contributed by atoms with Crippen LogP contribution in [0.25, 0.3) is 0 Å². The van der Waals surface area contributed by atoms with Crippen molar-refractivity contribution in [1.82, 2.24) is 14.8 Å². The van der Waals surface area contributed by atoms with Crippen molar-refractivity contribution in [3.63, 3.8) is 0 Å². The van der Waals surface area contributed by atoms with E-state index in [0.717, 1.165) is 23.3 Å². The average Bonchev–Trinajstić information content (AvgIpc) is 2.88. The Labute approximate surface area is 102 Å². The molecule has 0 bridgehead atoms. The molecule has 2 rings (SSSR count). The summed E-state index contributed by atoms with van der Waals surface area (Å²) in [4.78, 5) is 4.53. The Morgan fingerprint density at radius 2 is 2.06 bits per heavy atom. The predicted molar refractivity (Wildman–Crippen MR) is 68.6 cm³/mol. The maximum absolute atomic E-state index is 4.53. The Bertz CT molecular complexity index is 361. The van der Waals surface area contributed by atoms with Gasteiger partial charge in [-0.3, -0.25) is 0 Å². The topological polar surface area (TPSA) is 30.7 Å². The Hall–Kier alpha value is -0.510. The fourth-order valence-corrected chi connectivity index (χ4v) is 2.84. The first-order chi connectivity index (χ1) is 7.47. The second-order valence-electron chi connectivity index (χ2n) is 5.62. The highest BCUT2D eigenvalue weighted by Crippen LogP contribution is 2.33. The summed E-state index contributed by atoms with van der Waals surface area (Å²) in [7, 11) is 0. The summed E-state index contributed by atoms with van der Waals surface area (Å²) in [5, 5.41) is 4.49. The quantitative estimate of drug-likeness (QED) is 0.809. The Kier molecular flexibility index (Phi) is 3.29. The number of hydrogen-bond acceptors (Lipinski definition) is 3. The first kappa shape index (κ1) is 12.0. The lowest BCUT2D eigenvalue weighted by molar-refractivity contribution is 0.344. The van der Waals surface area contributed by atoms with E-state index in [4.69, 9.17) is 0 Å². The summed E-state index contributed by atoms with van der Waals surface area (Å²) in [5.41, 5.74) is 0.0384. The summed E-state index contributed by atoms with van der Waals surface area (Å²) < 4.78 is 2.07. The van der Waals surface area contributed by atoms with E-state index >= 15 is 0 Å². The van der Waals surface area contributed by atoms with Gasteiger partial charge in [0.05, 0.1) is 11.3 Å². The van der Waals surface area contributed by atoms with Crippen LogP contribution in [-0.4, -0.2) is 20.5 Å². The minimum absolute atomic E-state index is 0.0384. The van der Waals surface area contributed by atoms with Crippen LogP contribution in [0.15, 0.2) is 0 Å². The smallest absolute Gasteiger partial charge is 0.147 e. The van der Waals surface area contributed by atoms with E-state index in [0.29, 0.717) is 0 Å². The van der Waals surface area contributed by atoms with Crippen LogP contribution in [0.3, 0.4) is 0 Å². The Morgan fingerprint density at radius 1 is 1.38 bits per heavy atom. The third-order valence-electron chi connectivity index (χ3n) is 2.70. The number of aryl methyl sites for hydroxylation is 1. The highest BCUT2D eigenvalue weighted by Gasteiger charge is 2.23. The van der Waals surface area contributed by atoms with Crippen molar-refractivity contribution in [2.45, 2.75) is 51.8 Å². The highest BCUT2D eigenvalue weighted by molar-refractivity contribution is 7.98. The van der Waals surface area contributed by atoms with E-state index < -0.39 is 0 Å². The van der Waals surface area contributed by atoms with Gasteiger partial charge in [-0.05, 0) is 52.2 Å². The fourth-order valence-electron chi connectivity index (χ4n) is 1.69. The largest absolute Gasteiger partial charge is 0.244 e. The van der Waals surface area contributed by atoms with Crippen LogP contribution in [0.2, 0.25) is 0 Å². The lowest BCUT2D eigenvalue weighted by Gasteiger charge is -2.21. The molecule has 0 aromatic carbocycles. The van der Waals surface area contributed by atoms with Gasteiger partial charge in [0, 0.05) is 0 Å². The maximum atomic E-state index is 4.53. The van der Waals surface area contributed by atoms with Crippen molar-refractivity contribution in [1.29, 1.82) is 0 Å². The molecule has 1 aromatic heterocycles. The summed E-state index contributed by atoms with van der Waals surface area (Å²) in [5.74, 6) is 5.27. The molecule has 0 spiro atoms. The lowest BCUT2D eigenvalue weighted by Crippen LogP contribution is -2.25. The van der Waals surface area contributed by atoms with Crippen molar-refractivity contribution in [3.8, 4) is 0 Å². The molecule has 0 unspecified atom stereocenters. The van der Waals surface area contributed by atoms with Gasteiger partial charge in [-0.25, -0.2) is 9.67 Å². The number of rotatable bonds is 4. The standard InChI is InChI=1S/C12H21N3S/c1-9-13-11(8-16-7-10-5-6-10)15(14-9)12(2,3)4/h10H,5-8H2,1-4H3. The minimum Gasteiger partial charge on any atom is -0.244 e. The minimum atomic E-state index is 0.0384. The molecular weight excluding hydrogens is 218 g/mol.